The molecule has 0 radical (unpaired) electrons. The van der Waals surface area contributed by atoms with Crippen LogP contribution in [-0.2, 0) is 28.3 Å². The molecule has 1 fully saturated rings. The smallest absolute Gasteiger partial charge is 0.470 e. The van der Waals surface area contributed by atoms with Crippen molar-refractivity contribution in [1.29, 1.82) is 0 Å². The number of H-pyrrole nitrogens is 1. The van der Waals surface area contributed by atoms with Crippen LogP contribution in [0.1, 0.15) is 57.9 Å². The Balaban J connectivity index is 1.90. The molecule has 15 heteroatoms. The molecule has 3 rings (SSSR count). The number of rotatable bonds is 13. The first kappa shape index (κ1) is 33.9. The average Bonchev–Trinajstić information content (AvgIpc) is 3.53. The summed E-state index contributed by atoms with van der Waals surface area (Å²) >= 11 is 0. The number of ether oxygens (including phenoxy) is 1. The normalized spacial score (nSPS) is 17.2. The van der Waals surface area contributed by atoms with Crippen LogP contribution in [0.3, 0.4) is 0 Å². The first-order valence-electron chi connectivity index (χ1n) is 13.8. The van der Waals surface area contributed by atoms with E-state index in [1.165, 1.54) is 14.0 Å². The Hall–Kier alpha value is -3.58. The quantitative estimate of drug-likeness (QED) is 0.205. The van der Waals surface area contributed by atoms with Gasteiger partial charge in [-0.3, -0.25) is 33.4 Å². The molecule has 1 saturated heterocycles. The minimum atomic E-state index is -5.04. The van der Waals surface area contributed by atoms with E-state index >= 15 is 0 Å². The summed E-state index contributed by atoms with van der Waals surface area (Å²) in [5, 5.41) is 5.99. The number of ketones is 1. The molecule has 0 saturated carbocycles. The third kappa shape index (κ3) is 8.08. The number of hydrogen-bond acceptors (Lipinski definition) is 8. The summed E-state index contributed by atoms with van der Waals surface area (Å²) in [4.78, 5) is 87.7. The lowest BCUT2D eigenvalue weighted by Gasteiger charge is -2.38. The van der Waals surface area contributed by atoms with Gasteiger partial charge in [0.1, 0.15) is 24.1 Å². The number of benzene rings is 1. The van der Waals surface area contributed by atoms with E-state index in [0.29, 0.717) is 16.7 Å². The molecule has 1 aromatic heterocycles. The van der Waals surface area contributed by atoms with Gasteiger partial charge in [0, 0.05) is 35.7 Å². The van der Waals surface area contributed by atoms with E-state index in [1.807, 2.05) is 13.8 Å². The molecular weight excluding hydrogens is 583 g/mol. The number of phosphoric acid groups is 1. The van der Waals surface area contributed by atoms with Gasteiger partial charge in [-0.05, 0) is 37.0 Å². The predicted molar refractivity (Wildman–Crippen MR) is 155 cm³/mol. The molecule has 0 bridgehead atoms. The minimum absolute atomic E-state index is 0.0699. The fraction of sp³-hybridized carbons (Fsp3) is 0.536. The molecule has 1 aliphatic heterocycles. The number of imide groups is 1. The van der Waals surface area contributed by atoms with Crippen molar-refractivity contribution >= 4 is 48.1 Å². The van der Waals surface area contributed by atoms with Crippen LogP contribution in [0.2, 0.25) is 0 Å². The topological polar surface area (TPSA) is 204 Å². The summed E-state index contributed by atoms with van der Waals surface area (Å²) < 4.78 is 21.1. The molecule has 2 heterocycles. The van der Waals surface area contributed by atoms with Crippen molar-refractivity contribution < 1.29 is 47.6 Å². The lowest BCUT2D eigenvalue weighted by Crippen LogP contribution is -2.59. The number of aromatic amines is 1. The largest absolute Gasteiger partial charge is 0.496 e. The zero-order chi connectivity index (χ0) is 32.3. The number of phosphoric ester groups is 1. The van der Waals surface area contributed by atoms with Gasteiger partial charge >= 0.3 is 7.82 Å². The number of nitrogens with one attached hydrogen (secondary N) is 3. The van der Waals surface area contributed by atoms with Crippen molar-refractivity contribution in [3.05, 3.63) is 30.0 Å². The average molecular weight is 623 g/mol. The maximum Gasteiger partial charge on any atom is 0.470 e. The lowest BCUT2D eigenvalue weighted by molar-refractivity contribution is -0.145. The van der Waals surface area contributed by atoms with Gasteiger partial charge in [-0.1, -0.05) is 33.8 Å². The van der Waals surface area contributed by atoms with Crippen LogP contribution in [0.25, 0.3) is 10.9 Å². The molecule has 236 valence electrons. The molecule has 14 nitrogen and oxygen atoms in total. The van der Waals surface area contributed by atoms with Crippen LogP contribution in [-0.4, -0.2) is 81.4 Å². The second-order valence-corrected chi connectivity index (χ2v) is 12.8. The molecule has 0 spiro atoms. The van der Waals surface area contributed by atoms with Crippen molar-refractivity contribution in [3.63, 3.8) is 0 Å². The third-order valence-electron chi connectivity index (χ3n) is 7.63. The molecular formula is C28H39N4O10P. The maximum absolute atomic E-state index is 13.7. The van der Waals surface area contributed by atoms with Crippen LogP contribution < -0.4 is 15.4 Å². The van der Waals surface area contributed by atoms with Crippen molar-refractivity contribution in [2.24, 2.45) is 17.3 Å². The highest BCUT2D eigenvalue weighted by Gasteiger charge is 2.50. The molecule has 4 amide bonds. The summed E-state index contributed by atoms with van der Waals surface area (Å²) in [7, 11) is -3.53. The highest BCUT2D eigenvalue weighted by molar-refractivity contribution is 7.46. The van der Waals surface area contributed by atoms with Crippen LogP contribution in [0, 0.1) is 17.3 Å². The summed E-state index contributed by atoms with van der Waals surface area (Å²) in [6.45, 7) is 7.10. The van der Waals surface area contributed by atoms with E-state index in [-0.39, 0.29) is 31.0 Å². The Morgan fingerprint density at radius 1 is 1.19 bits per heavy atom. The number of carbonyl (C=O) groups excluding carboxylic acids is 5. The molecule has 1 aromatic carbocycles. The number of likely N-dealkylation sites (tertiary alicyclic amines) is 1. The lowest BCUT2D eigenvalue weighted by atomic mass is 9.70. The number of hydrogen-bond donors (Lipinski definition) is 5. The number of methoxy groups -OCH3 is 1. The highest BCUT2D eigenvalue weighted by atomic mass is 31.2. The number of nitrogens with zero attached hydrogens (tertiary/aromatic N) is 1. The Morgan fingerprint density at radius 3 is 2.42 bits per heavy atom. The van der Waals surface area contributed by atoms with Crippen molar-refractivity contribution in [2.75, 3.05) is 20.3 Å². The van der Waals surface area contributed by atoms with Crippen molar-refractivity contribution in [3.8, 4) is 5.75 Å². The summed E-state index contributed by atoms with van der Waals surface area (Å²) in [5.74, 6) is -3.61. The van der Waals surface area contributed by atoms with E-state index in [9.17, 15) is 28.5 Å². The van der Waals surface area contributed by atoms with Crippen LogP contribution in [0.15, 0.2) is 24.3 Å². The Kier molecular flexibility index (Phi) is 10.6. The summed E-state index contributed by atoms with van der Waals surface area (Å²) in [5.41, 5.74) is -0.496. The highest BCUT2D eigenvalue weighted by Crippen LogP contribution is 2.40. The fourth-order valence-corrected chi connectivity index (χ4v) is 5.70. The molecule has 2 aromatic rings. The van der Waals surface area contributed by atoms with Gasteiger partial charge in [-0.2, -0.15) is 0 Å². The second-order valence-electron chi connectivity index (χ2n) is 11.6. The first-order valence-corrected chi connectivity index (χ1v) is 15.3. The molecule has 1 aliphatic rings. The van der Waals surface area contributed by atoms with Gasteiger partial charge in [0.15, 0.2) is 5.78 Å². The Morgan fingerprint density at radius 2 is 1.86 bits per heavy atom. The van der Waals surface area contributed by atoms with Crippen LogP contribution >= 0.6 is 7.82 Å². The number of carbonyl (C=O) groups is 5. The van der Waals surface area contributed by atoms with Crippen molar-refractivity contribution in [2.45, 2.75) is 59.5 Å². The fourth-order valence-electron chi connectivity index (χ4n) is 5.41. The molecule has 43 heavy (non-hydrogen) atoms. The number of fused-ring (bicyclic) bond motifs is 1. The van der Waals surface area contributed by atoms with E-state index < -0.39 is 67.3 Å². The molecule has 0 aliphatic carbocycles. The van der Waals surface area contributed by atoms with Crippen LogP contribution in [0.5, 0.6) is 5.75 Å². The van der Waals surface area contributed by atoms with Crippen molar-refractivity contribution in [1.82, 2.24) is 20.5 Å². The number of aromatic nitrogens is 1. The minimum Gasteiger partial charge on any atom is -0.496 e. The van der Waals surface area contributed by atoms with Gasteiger partial charge in [-0.15, -0.1) is 0 Å². The molecule has 0 unspecified atom stereocenters. The second kappa shape index (κ2) is 13.4. The van der Waals surface area contributed by atoms with E-state index in [0.717, 1.165) is 4.90 Å². The number of Topliss-reactive ketones (excluding diaryl/α,β-unsaturated/α-hetero) is 1. The van der Waals surface area contributed by atoms with Gasteiger partial charge < -0.3 is 30.1 Å². The van der Waals surface area contributed by atoms with Gasteiger partial charge in [0.25, 0.3) is 5.91 Å². The standard InChI is InChI=1S/C28H39N4O10P/c1-15(2)12-20(30-25(35)21-13-17-19(29-21)8-7-9-23(17)41-6)26(36)31-24(22(34)14-42-43(38,39)40)28(4,5)18-10-11-32(16(3)33)27(18)37/h7-9,13,15,18,20,24,29H,10-12,14H2,1-6H3,(H,30,35)(H,31,36)(H2,38,39,40)/t18-,20+,24-/m1/s1. The van der Waals surface area contributed by atoms with E-state index in [2.05, 4.69) is 20.1 Å². The maximum atomic E-state index is 13.7. The molecule has 3 atom stereocenters. The van der Waals surface area contributed by atoms with E-state index in [4.69, 9.17) is 14.5 Å². The first-order chi connectivity index (χ1) is 20.0. The number of amides is 4. The summed E-state index contributed by atoms with van der Waals surface area (Å²) in [6.07, 6.45) is 0.391. The van der Waals surface area contributed by atoms with Gasteiger partial charge in [0.2, 0.25) is 17.7 Å². The van der Waals surface area contributed by atoms with Gasteiger partial charge in [-0.25, -0.2) is 4.57 Å². The zero-order valence-electron chi connectivity index (χ0n) is 25.0. The Bertz CT molecular complexity index is 1450. The monoisotopic (exact) mass is 622 g/mol. The van der Waals surface area contributed by atoms with Gasteiger partial charge in [0.05, 0.1) is 13.2 Å². The summed E-state index contributed by atoms with van der Waals surface area (Å²) in [6, 6.07) is 4.28. The third-order valence-corrected chi connectivity index (χ3v) is 8.09. The van der Waals surface area contributed by atoms with E-state index in [1.54, 1.807) is 38.1 Å². The predicted octanol–water partition coefficient (Wildman–Crippen LogP) is 1.91. The Labute approximate surface area is 249 Å². The SMILES string of the molecule is COc1cccc2[nH]c(C(=O)N[C@@H](CC(C)C)C(=O)N[C@H](C(=O)COP(=O)(O)O)C(C)(C)[C@@H]3CCN(C(C)=O)C3=O)cc12. The zero-order valence-corrected chi connectivity index (χ0v) is 25.9. The molecule has 5 N–H and O–H groups in total. The van der Waals surface area contributed by atoms with Crippen LogP contribution in [0.4, 0.5) is 0 Å².